The van der Waals surface area contributed by atoms with Gasteiger partial charge in [-0.05, 0) is 31.2 Å². The van der Waals surface area contributed by atoms with Gasteiger partial charge in [0, 0.05) is 37.4 Å². The van der Waals surface area contributed by atoms with Crippen molar-refractivity contribution in [2.45, 2.75) is 6.92 Å². The molecule has 1 N–H and O–H groups in total. The van der Waals surface area contributed by atoms with Gasteiger partial charge in [0.2, 0.25) is 5.91 Å². The average molecular weight is 337 g/mol. The molecular formula is C20H23N3O2. The van der Waals surface area contributed by atoms with Crippen molar-refractivity contribution in [3.63, 3.8) is 0 Å². The summed E-state index contributed by atoms with van der Waals surface area (Å²) in [6, 6.07) is 17.1. The van der Waals surface area contributed by atoms with Gasteiger partial charge in [-0.15, -0.1) is 0 Å². The molecule has 0 aliphatic carbocycles. The molecule has 1 aliphatic rings. The van der Waals surface area contributed by atoms with Crippen molar-refractivity contribution in [2.24, 2.45) is 0 Å². The molecule has 0 aromatic heterocycles. The van der Waals surface area contributed by atoms with Crippen LogP contribution in [0.1, 0.15) is 15.9 Å². The minimum Gasteiger partial charge on any atom is -0.336 e. The number of anilines is 1. The van der Waals surface area contributed by atoms with Crippen LogP contribution in [0.4, 0.5) is 5.69 Å². The fourth-order valence-electron chi connectivity index (χ4n) is 2.91. The number of carbonyl (C=O) groups is 2. The number of hydrogen-bond donors (Lipinski definition) is 1. The summed E-state index contributed by atoms with van der Waals surface area (Å²) in [6.45, 7) is 5.07. The van der Waals surface area contributed by atoms with Crippen LogP contribution in [0, 0.1) is 6.92 Å². The maximum atomic E-state index is 12.4. The van der Waals surface area contributed by atoms with E-state index in [4.69, 9.17) is 0 Å². The zero-order chi connectivity index (χ0) is 17.6. The van der Waals surface area contributed by atoms with Crippen LogP contribution in [-0.4, -0.2) is 54.3 Å². The largest absolute Gasteiger partial charge is 0.336 e. The number of benzene rings is 2. The minimum absolute atomic E-state index is 0.0216. The van der Waals surface area contributed by atoms with E-state index in [0.717, 1.165) is 11.3 Å². The van der Waals surface area contributed by atoms with Crippen molar-refractivity contribution in [3.8, 4) is 0 Å². The first-order chi connectivity index (χ1) is 12.1. The molecule has 0 saturated carbocycles. The van der Waals surface area contributed by atoms with Crippen molar-refractivity contribution in [1.82, 2.24) is 9.80 Å². The molecule has 5 nitrogen and oxygen atoms in total. The summed E-state index contributed by atoms with van der Waals surface area (Å²) in [7, 11) is 0. The first-order valence-corrected chi connectivity index (χ1v) is 8.55. The molecule has 3 rings (SSSR count). The summed E-state index contributed by atoms with van der Waals surface area (Å²) in [4.78, 5) is 28.5. The molecule has 2 aromatic carbocycles. The lowest BCUT2D eigenvalue weighted by molar-refractivity contribution is -0.117. The quantitative estimate of drug-likeness (QED) is 0.932. The third-order valence-electron chi connectivity index (χ3n) is 4.38. The lowest BCUT2D eigenvalue weighted by Crippen LogP contribution is -2.50. The normalized spacial score (nSPS) is 15.0. The molecule has 0 atom stereocenters. The molecular weight excluding hydrogens is 314 g/mol. The third-order valence-corrected chi connectivity index (χ3v) is 4.38. The van der Waals surface area contributed by atoms with Crippen LogP contribution in [0.5, 0.6) is 0 Å². The Kier molecular flexibility index (Phi) is 5.46. The van der Waals surface area contributed by atoms with E-state index in [-0.39, 0.29) is 11.8 Å². The Morgan fingerprint density at radius 1 is 0.920 bits per heavy atom. The lowest BCUT2D eigenvalue weighted by Gasteiger charge is -2.34. The SMILES string of the molecule is Cc1ccc(NC(=O)CN2CCN(C(=O)c3ccccc3)CC2)cc1. The van der Waals surface area contributed by atoms with Crippen LogP contribution in [0.25, 0.3) is 0 Å². The molecule has 0 bridgehead atoms. The summed E-state index contributed by atoms with van der Waals surface area (Å²) in [5, 5.41) is 2.92. The lowest BCUT2D eigenvalue weighted by atomic mass is 10.2. The van der Waals surface area contributed by atoms with Crippen LogP contribution in [0.2, 0.25) is 0 Å². The number of hydrogen-bond acceptors (Lipinski definition) is 3. The molecule has 1 heterocycles. The maximum absolute atomic E-state index is 12.4. The molecule has 25 heavy (non-hydrogen) atoms. The molecule has 2 amide bonds. The summed E-state index contributed by atoms with van der Waals surface area (Å²) in [6.07, 6.45) is 0. The van der Waals surface area contributed by atoms with E-state index in [1.165, 1.54) is 0 Å². The number of carbonyl (C=O) groups excluding carboxylic acids is 2. The number of nitrogens with one attached hydrogen (secondary N) is 1. The van der Waals surface area contributed by atoms with Gasteiger partial charge in [0.05, 0.1) is 6.54 Å². The number of nitrogens with zero attached hydrogens (tertiary/aromatic N) is 2. The Bertz CT molecular complexity index is 720. The zero-order valence-electron chi connectivity index (χ0n) is 14.4. The molecule has 0 spiro atoms. The van der Waals surface area contributed by atoms with Gasteiger partial charge < -0.3 is 10.2 Å². The molecule has 1 fully saturated rings. The second-order valence-corrected chi connectivity index (χ2v) is 6.35. The molecule has 5 heteroatoms. The van der Waals surface area contributed by atoms with Crippen molar-refractivity contribution in [2.75, 3.05) is 38.0 Å². The Hall–Kier alpha value is -2.66. The average Bonchev–Trinajstić information content (AvgIpc) is 2.64. The van der Waals surface area contributed by atoms with Gasteiger partial charge in [0.15, 0.2) is 0 Å². The van der Waals surface area contributed by atoms with Gasteiger partial charge in [0.1, 0.15) is 0 Å². The number of amides is 2. The molecule has 1 aliphatic heterocycles. The van der Waals surface area contributed by atoms with Crippen molar-refractivity contribution < 1.29 is 9.59 Å². The van der Waals surface area contributed by atoms with Crippen LogP contribution in [0.15, 0.2) is 54.6 Å². The van der Waals surface area contributed by atoms with Crippen LogP contribution >= 0.6 is 0 Å². The topological polar surface area (TPSA) is 52.7 Å². The first kappa shape index (κ1) is 17.2. The fraction of sp³-hybridized carbons (Fsp3) is 0.300. The summed E-state index contributed by atoms with van der Waals surface area (Å²) >= 11 is 0. The molecule has 0 radical (unpaired) electrons. The minimum atomic E-state index is -0.0216. The maximum Gasteiger partial charge on any atom is 0.253 e. The second kappa shape index (κ2) is 7.94. The highest BCUT2D eigenvalue weighted by Gasteiger charge is 2.23. The van der Waals surface area contributed by atoms with E-state index in [1.54, 1.807) is 0 Å². The van der Waals surface area contributed by atoms with Crippen molar-refractivity contribution in [3.05, 3.63) is 65.7 Å². The Morgan fingerprint density at radius 3 is 2.20 bits per heavy atom. The van der Waals surface area contributed by atoms with Gasteiger partial charge in [-0.1, -0.05) is 35.9 Å². The summed E-state index contributed by atoms with van der Waals surface area (Å²) in [5.74, 6) is 0.0380. The van der Waals surface area contributed by atoms with Crippen molar-refractivity contribution in [1.29, 1.82) is 0 Å². The third kappa shape index (κ3) is 4.67. The zero-order valence-corrected chi connectivity index (χ0v) is 14.4. The predicted octanol–water partition coefficient (Wildman–Crippen LogP) is 2.39. The van der Waals surface area contributed by atoms with E-state index in [1.807, 2.05) is 66.4 Å². The highest BCUT2D eigenvalue weighted by molar-refractivity contribution is 5.94. The van der Waals surface area contributed by atoms with Crippen LogP contribution < -0.4 is 5.32 Å². The number of piperazine rings is 1. The monoisotopic (exact) mass is 337 g/mol. The summed E-state index contributed by atoms with van der Waals surface area (Å²) < 4.78 is 0. The molecule has 1 saturated heterocycles. The van der Waals surface area contributed by atoms with Crippen molar-refractivity contribution >= 4 is 17.5 Å². The highest BCUT2D eigenvalue weighted by Crippen LogP contribution is 2.10. The fourth-order valence-corrected chi connectivity index (χ4v) is 2.91. The van der Waals surface area contributed by atoms with E-state index in [0.29, 0.717) is 38.3 Å². The van der Waals surface area contributed by atoms with Crippen LogP contribution in [-0.2, 0) is 4.79 Å². The standard InChI is InChI=1S/C20H23N3O2/c1-16-7-9-18(10-8-16)21-19(24)15-22-11-13-23(14-12-22)20(25)17-5-3-2-4-6-17/h2-10H,11-15H2,1H3,(H,21,24). The Balaban J connectivity index is 1.46. The molecule has 0 unspecified atom stereocenters. The van der Waals surface area contributed by atoms with Gasteiger partial charge in [-0.2, -0.15) is 0 Å². The van der Waals surface area contributed by atoms with Crippen LogP contribution in [0.3, 0.4) is 0 Å². The van der Waals surface area contributed by atoms with Gasteiger partial charge >= 0.3 is 0 Å². The number of rotatable bonds is 4. The smallest absolute Gasteiger partial charge is 0.253 e. The predicted molar refractivity (Wildman–Crippen MR) is 98.6 cm³/mol. The number of aryl methyl sites for hydroxylation is 1. The van der Waals surface area contributed by atoms with E-state index < -0.39 is 0 Å². The van der Waals surface area contributed by atoms with E-state index >= 15 is 0 Å². The van der Waals surface area contributed by atoms with Gasteiger partial charge in [-0.3, -0.25) is 14.5 Å². The van der Waals surface area contributed by atoms with E-state index in [2.05, 4.69) is 10.2 Å². The summed E-state index contributed by atoms with van der Waals surface area (Å²) in [5.41, 5.74) is 2.69. The molecule has 2 aromatic rings. The van der Waals surface area contributed by atoms with Gasteiger partial charge in [-0.25, -0.2) is 0 Å². The van der Waals surface area contributed by atoms with E-state index in [9.17, 15) is 9.59 Å². The Labute approximate surface area is 148 Å². The first-order valence-electron chi connectivity index (χ1n) is 8.55. The second-order valence-electron chi connectivity index (χ2n) is 6.35. The highest BCUT2D eigenvalue weighted by atomic mass is 16.2. The van der Waals surface area contributed by atoms with Gasteiger partial charge in [0.25, 0.3) is 5.91 Å². The Morgan fingerprint density at radius 2 is 1.56 bits per heavy atom. The molecule has 130 valence electrons.